The van der Waals surface area contributed by atoms with E-state index in [1.54, 1.807) is 0 Å². The van der Waals surface area contributed by atoms with Crippen LogP contribution in [0.15, 0.2) is 121 Å². The van der Waals surface area contributed by atoms with Gasteiger partial charge < -0.3 is 10.0 Å². The van der Waals surface area contributed by atoms with Gasteiger partial charge in [0.25, 0.3) is 0 Å². The smallest absolute Gasteiger partial charge is 0.0687 e. The van der Waals surface area contributed by atoms with Crippen molar-refractivity contribution in [3.8, 4) is 0 Å². The molecule has 0 saturated heterocycles. The molecule has 0 amide bonds. The van der Waals surface area contributed by atoms with Gasteiger partial charge in [-0.2, -0.15) is 0 Å². The first-order valence-electron chi connectivity index (χ1n) is 11.2. The van der Waals surface area contributed by atoms with E-state index < -0.39 is 0 Å². The number of aliphatic hydroxyl groups is 1. The summed E-state index contributed by atoms with van der Waals surface area (Å²) in [6.07, 6.45) is 0. The zero-order chi connectivity index (χ0) is 22.2. The van der Waals surface area contributed by atoms with Crippen molar-refractivity contribution in [3.05, 3.63) is 127 Å². The van der Waals surface area contributed by atoms with Gasteiger partial charge in [-0.15, -0.1) is 0 Å². The van der Waals surface area contributed by atoms with Crippen LogP contribution in [0.5, 0.6) is 0 Å². The predicted molar refractivity (Wildman–Crippen MR) is 140 cm³/mol. The van der Waals surface area contributed by atoms with Crippen LogP contribution in [-0.4, -0.2) is 5.11 Å². The van der Waals surface area contributed by atoms with Gasteiger partial charge in [0.15, 0.2) is 0 Å². The molecule has 6 rings (SSSR count). The molecule has 158 valence electrons. The topological polar surface area (TPSA) is 23.5 Å². The van der Waals surface area contributed by atoms with E-state index in [2.05, 4.69) is 114 Å². The Morgan fingerprint density at radius 2 is 1.00 bits per heavy atom. The average Bonchev–Trinajstić information content (AvgIpc) is 2.89. The molecular weight excluding hydrogens is 402 g/mol. The van der Waals surface area contributed by atoms with Gasteiger partial charge in [-0.25, -0.2) is 0 Å². The fourth-order valence-electron chi connectivity index (χ4n) is 4.74. The van der Waals surface area contributed by atoms with Crippen LogP contribution in [0, 0.1) is 0 Å². The number of fused-ring (bicyclic) bond motifs is 3. The van der Waals surface area contributed by atoms with Crippen molar-refractivity contribution in [2.45, 2.75) is 6.61 Å². The van der Waals surface area contributed by atoms with Crippen LogP contribution < -0.4 is 4.90 Å². The molecule has 0 spiro atoms. The van der Waals surface area contributed by atoms with Crippen molar-refractivity contribution < 1.29 is 5.11 Å². The van der Waals surface area contributed by atoms with Gasteiger partial charge in [0.05, 0.1) is 12.3 Å². The Kier molecular flexibility index (Phi) is 4.79. The summed E-state index contributed by atoms with van der Waals surface area (Å²) in [4.78, 5) is 2.32. The summed E-state index contributed by atoms with van der Waals surface area (Å²) in [6.45, 7) is 0.0206. The number of rotatable bonds is 4. The van der Waals surface area contributed by atoms with E-state index in [0.717, 1.165) is 33.4 Å². The Bertz CT molecular complexity index is 1540. The first-order chi connectivity index (χ1) is 16.3. The second-order valence-corrected chi connectivity index (χ2v) is 8.35. The van der Waals surface area contributed by atoms with Crippen molar-refractivity contribution in [2.24, 2.45) is 0 Å². The van der Waals surface area contributed by atoms with Crippen LogP contribution in [0.2, 0.25) is 0 Å². The molecule has 1 N–H and O–H groups in total. The maximum absolute atomic E-state index is 9.92. The van der Waals surface area contributed by atoms with Crippen LogP contribution in [0.25, 0.3) is 32.3 Å². The van der Waals surface area contributed by atoms with Crippen molar-refractivity contribution in [1.29, 1.82) is 0 Å². The summed E-state index contributed by atoms with van der Waals surface area (Å²) in [5.74, 6) is 0. The number of nitrogens with zero attached hydrogens (tertiary/aromatic N) is 1. The molecule has 0 aromatic heterocycles. The second kappa shape index (κ2) is 8.09. The molecule has 0 radical (unpaired) electrons. The molecule has 0 atom stereocenters. The highest BCUT2D eigenvalue weighted by Crippen LogP contribution is 2.41. The van der Waals surface area contributed by atoms with E-state index in [-0.39, 0.29) is 6.61 Å². The third kappa shape index (κ3) is 3.42. The van der Waals surface area contributed by atoms with Gasteiger partial charge in [-0.1, -0.05) is 91.0 Å². The Hall–Kier alpha value is -4.14. The normalized spacial score (nSPS) is 11.3. The Labute approximate surface area is 193 Å². The molecule has 0 fully saturated rings. The van der Waals surface area contributed by atoms with E-state index in [1.165, 1.54) is 21.5 Å². The number of hydrogen-bond acceptors (Lipinski definition) is 2. The van der Waals surface area contributed by atoms with Gasteiger partial charge in [0.2, 0.25) is 0 Å². The van der Waals surface area contributed by atoms with E-state index in [4.69, 9.17) is 0 Å². The van der Waals surface area contributed by atoms with E-state index in [1.807, 2.05) is 12.1 Å². The third-order valence-electron chi connectivity index (χ3n) is 6.39. The van der Waals surface area contributed by atoms with Gasteiger partial charge in [0, 0.05) is 16.8 Å². The molecule has 2 nitrogen and oxygen atoms in total. The van der Waals surface area contributed by atoms with Crippen LogP contribution in [-0.2, 0) is 6.61 Å². The zero-order valence-electron chi connectivity index (χ0n) is 18.1. The summed E-state index contributed by atoms with van der Waals surface area (Å²) < 4.78 is 0. The molecule has 6 aromatic carbocycles. The van der Waals surface area contributed by atoms with Gasteiger partial charge in [0.1, 0.15) is 0 Å². The zero-order valence-corrected chi connectivity index (χ0v) is 18.1. The largest absolute Gasteiger partial charge is 0.392 e. The first kappa shape index (κ1) is 19.5. The number of anilines is 3. The fourth-order valence-corrected chi connectivity index (χ4v) is 4.74. The molecule has 0 unspecified atom stereocenters. The molecule has 33 heavy (non-hydrogen) atoms. The Balaban J connectivity index is 1.64. The van der Waals surface area contributed by atoms with E-state index in [0.29, 0.717) is 0 Å². The fraction of sp³-hybridized carbons (Fsp3) is 0.0323. The lowest BCUT2D eigenvalue weighted by molar-refractivity contribution is 0.283. The van der Waals surface area contributed by atoms with Crippen molar-refractivity contribution in [3.63, 3.8) is 0 Å². The minimum absolute atomic E-state index is 0.0206. The predicted octanol–water partition coefficient (Wildman–Crippen LogP) is 8.11. The minimum Gasteiger partial charge on any atom is -0.392 e. The van der Waals surface area contributed by atoms with Gasteiger partial charge in [-0.3, -0.25) is 0 Å². The Morgan fingerprint density at radius 1 is 0.485 bits per heavy atom. The average molecular weight is 426 g/mol. The highest BCUT2D eigenvalue weighted by atomic mass is 16.3. The lowest BCUT2D eigenvalue weighted by Crippen LogP contribution is -2.11. The number of benzene rings is 6. The second-order valence-electron chi connectivity index (χ2n) is 8.35. The standard InChI is InChI=1S/C31H23NO/c33-21-26-15-18-31(30-12-6-5-11-29(26)30)32(27-16-13-22-7-1-3-9-24(22)19-27)28-17-14-23-8-2-4-10-25(23)20-28/h1-20,33H,21H2. The molecule has 0 heterocycles. The van der Waals surface area contributed by atoms with Crippen LogP contribution in [0.3, 0.4) is 0 Å². The lowest BCUT2D eigenvalue weighted by atomic mass is 10.0. The molecule has 0 aliphatic rings. The summed E-state index contributed by atoms with van der Waals surface area (Å²) in [6, 6.07) is 42.6. The molecule has 6 aromatic rings. The summed E-state index contributed by atoms with van der Waals surface area (Å²) >= 11 is 0. The van der Waals surface area contributed by atoms with Gasteiger partial charge in [-0.05, 0) is 62.8 Å². The molecule has 0 bridgehead atoms. The van der Waals surface area contributed by atoms with Crippen LogP contribution >= 0.6 is 0 Å². The molecule has 2 heteroatoms. The maximum Gasteiger partial charge on any atom is 0.0687 e. The minimum atomic E-state index is 0.0206. The monoisotopic (exact) mass is 425 g/mol. The summed E-state index contributed by atoms with van der Waals surface area (Å²) in [7, 11) is 0. The molecular formula is C31H23NO. The van der Waals surface area contributed by atoms with E-state index in [9.17, 15) is 5.11 Å². The van der Waals surface area contributed by atoms with Crippen LogP contribution in [0.4, 0.5) is 17.1 Å². The quantitative estimate of drug-likeness (QED) is 0.308. The van der Waals surface area contributed by atoms with Crippen LogP contribution in [0.1, 0.15) is 5.56 Å². The Morgan fingerprint density at radius 3 is 1.58 bits per heavy atom. The SMILES string of the molecule is OCc1ccc(N(c2ccc3ccccc3c2)c2ccc3ccccc3c2)c2ccccc12. The summed E-state index contributed by atoms with van der Waals surface area (Å²) in [5.41, 5.74) is 4.23. The molecule has 0 saturated carbocycles. The van der Waals surface area contributed by atoms with E-state index >= 15 is 0 Å². The first-order valence-corrected chi connectivity index (χ1v) is 11.2. The number of hydrogen-bond donors (Lipinski definition) is 1. The summed E-state index contributed by atoms with van der Waals surface area (Å²) in [5, 5.41) is 17.0. The van der Waals surface area contributed by atoms with Crippen molar-refractivity contribution >= 4 is 49.4 Å². The molecule has 0 aliphatic heterocycles. The number of aliphatic hydroxyl groups excluding tert-OH is 1. The third-order valence-corrected chi connectivity index (χ3v) is 6.39. The molecule has 0 aliphatic carbocycles. The maximum atomic E-state index is 9.92. The van der Waals surface area contributed by atoms with Crippen molar-refractivity contribution in [1.82, 2.24) is 0 Å². The highest BCUT2D eigenvalue weighted by Gasteiger charge is 2.17. The van der Waals surface area contributed by atoms with Crippen molar-refractivity contribution in [2.75, 3.05) is 4.90 Å². The highest BCUT2D eigenvalue weighted by molar-refractivity contribution is 6.02. The lowest BCUT2D eigenvalue weighted by Gasteiger charge is -2.28. The van der Waals surface area contributed by atoms with Gasteiger partial charge >= 0.3 is 0 Å².